The standard InChI is InChI=1S/C20H25N3O2S/c1-16-6-5-9-19(14-16)26(24,25)23-20-11-10-18(15-22-20)21-13-12-17-7-3-2-4-8-17/h5-7,9-11,14-15,21H,2-4,8,12-13H2,1H3,(H,22,23). The lowest BCUT2D eigenvalue weighted by atomic mass is 9.97. The zero-order valence-electron chi connectivity index (χ0n) is 15.0. The second-order valence-corrected chi connectivity index (χ2v) is 8.32. The summed E-state index contributed by atoms with van der Waals surface area (Å²) in [5.41, 5.74) is 3.31. The van der Waals surface area contributed by atoms with Gasteiger partial charge in [-0.3, -0.25) is 4.72 Å². The van der Waals surface area contributed by atoms with Gasteiger partial charge in [-0.05, 0) is 68.9 Å². The molecule has 138 valence electrons. The molecule has 26 heavy (non-hydrogen) atoms. The first-order valence-corrected chi connectivity index (χ1v) is 10.5. The van der Waals surface area contributed by atoms with Crippen molar-refractivity contribution in [1.82, 2.24) is 4.98 Å². The number of pyridine rings is 1. The Bertz CT molecular complexity index is 874. The zero-order valence-corrected chi connectivity index (χ0v) is 15.8. The summed E-state index contributed by atoms with van der Waals surface area (Å²) < 4.78 is 27.3. The van der Waals surface area contributed by atoms with Gasteiger partial charge in [0.2, 0.25) is 0 Å². The quantitative estimate of drug-likeness (QED) is 0.703. The van der Waals surface area contributed by atoms with Gasteiger partial charge in [-0.25, -0.2) is 13.4 Å². The van der Waals surface area contributed by atoms with Crippen LogP contribution in [0.5, 0.6) is 0 Å². The van der Waals surface area contributed by atoms with E-state index in [1.165, 1.54) is 31.3 Å². The molecule has 3 rings (SSSR count). The normalized spacial score (nSPS) is 14.6. The Balaban J connectivity index is 1.56. The highest BCUT2D eigenvalue weighted by atomic mass is 32.2. The van der Waals surface area contributed by atoms with E-state index < -0.39 is 10.0 Å². The summed E-state index contributed by atoms with van der Waals surface area (Å²) in [6, 6.07) is 10.3. The second kappa shape index (κ2) is 8.36. The number of allylic oxidation sites excluding steroid dienone is 1. The maximum atomic E-state index is 12.4. The van der Waals surface area contributed by atoms with Crippen LogP contribution < -0.4 is 10.0 Å². The summed E-state index contributed by atoms with van der Waals surface area (Å²) in [5.74, 6) is 0.312. The Labute approximate surface area is 155 Å². The largest absolute Gasteiger partial charge is 0.383 e. The molecule has 0 saturated heterocycles. The number of benzene rings is 1. The molecule has 0 amide bonds. The van der Waals surface area contributed by atoms with Crippen molar-refractivity contribution in [2.75, 3.05) is 16.6 Å². The van der Waals surface area contributed by atoms with Crippen molar-refractivity contribution >= 4 is 21.5 Å². The van der Waals surface area contributed by atoms with E-state index in [2.05, 4.69) is 21.1 Å². The second-order valence-electron chi connectivity index (χ2n) is 6.64. The first-order chi connectivity index (χ1) is 12.5. The molecule has 6 heteroatoms. The molecule has 1 aliphatic carbocycles. The molecule has 0 unspecified atom stereocenters. The third-order valence-electron chi connectivity index (χ3n) is 4.46. The molecular weight excluding hydrogens is 346 g/mol. The van der Waals surface area contributed by atoms with E-state index in [9.17, 15) is 8.42 Å². The number of sulfonamides is 1. The smallest absolute Gasteiger partial charge is 0.263 e. The molecule has 5 nitrogen and oxygen atoms in total. The highest BCUT2D eigenvalue weighted by molar-refractivity contribution is 7.92. The summed E-state index contributed by atoms with van der Waals surface area (Å²) in [6.45, 7) is 2.73. The third kappa shape index (κ3) is 5.08. The number of nitrogens with zero attached hydrogens (tertiary/aromatic N) is 1. The third-order valence-corrected chi connectivity index (χ3v) is 5.81. The van der Waals surface area contributed by atoms with Crippen molar-refractivity contribution in [3.63, 3.8) is 0 Å². The van der Waals surface area contributed by atoms with Crippen LogP contribution in [0.2, 0.25) is 0 Å². The van der Waals surface area contributed by atoms with E-state index in [1.54, 1.807) is 30.5 Å². The lowest BCUT2D eigenvalue weighted by molar-refractivity contribution is 0.601. The fourth-order valence-corrected chi connectivity index (χ4v) is 4.15. The van der Waals surface area contributed by atoms with Crippen LogP contribution in [0.1, 0.15) is 37.7 Å². The Morgan fingerprint density at radius 3 is 2.73 bits per heavy atom. The van der Waals surface area contributed by atoms with Crippen molar-refractivity contribution < 1.29 is 8.42 Å². The van der Waals surface area contributed by atoms with E-state index in [1.807, 2.05) is 19.1 Å². The Morgan fingerprint density at radius 2 is 2.04 bits per heavy atom. The molecule has 1 aromatic heterocycles. The number of hydrogen-bond acceptors (Lipinski definition) is 4. The molecule has 0 fully saturated rings. The number of hydrogen-bond donors (Lipinski definition) is 2. The number of nitrogens with one attached hydrogen (secondary N) is 2. The first kappa shape index (κ1) is 18.5. The van der Waals surface area contributed by atoms with Crippen molar-refractivity contribution in [3.8, 4) is 0 Å². The van der Waals surface area contributed by atoms with E-state index >= 15 is 0 Å². The summed E-state index contributed by atoms with van der Waals surface area (Å²) in [6.07, 6.45) is 10.1. The van der Waals surface area contributed by atoms with Gasteiger partial charge in [0, 0.05) is 6.54 Å². The van der Waals surface area contributed by atoms with Gasteiger partial charge in [-0.1, -0.05) is 23.8 Å². The lowest BCUT2D eigenvalue weighted by Crippen LogP contribution is -2.14. The molecule has 1 aromatic carbocycles. The average molecular weight is 372 g/mol. The van der Waals surface area contributed by atoms with Crippen LogP contribution in [0.4, 0.5) is 11.5 Å². The van der Waals surface area contributed by atoms with Crippen LogP contribution in [0.25, 0.3) is 0 Å². The van der Waals surface area contributed by atoms with E-state index in [0.717, 1.165) is 24.2 Å². The molecule has 0 bridgehead atoms. The predicted octanol–water partition coefficient (Wildman–Crippen LogP) is 4.49. The van der Waals surface area contributed by atoms with Gasteiger partial charge in [0.1, 0.15) is 5.82 Å². The van der Waals surface area contributed by atoms with Crippen LogP contribution in [0.15, 0.2) is 59.1 Å². The van der Waals surface area contributed by atoms with Gasteiger partial charge in [-0.15, -0.1) is 0 Å². The molecule has 2 N–H and O–H groups in total. The van der Waals surface area contributed by atoms with Crippen LogP contribution in [-0.2, 0) is 10.0 Å². The summed E-state index contributed by atoms with van der Waals surface area (Å²) >= 11 is 0. The average Bonchev–Trinajstić information content (AvgIpc) is 2.64. The fraction of sp³-hybridized carbons (Fsp3) is 0.350. The van der Waals surface area contributed by atoms with Gasteiger partial charge in [0.15, 0.2) is 0 Å². The van der Waals surface area contributed by atoms with E-state index in [4.69, 9.17) is 0 Å². The molecular formula is C20H25N3O2S. The van der Waals surface area contributed by atoms with Crippen LogP contribution in [0, 0.1) is 6.92 Å². The summed E-state index contributed by atoms with van der Waals surface area (Å²) in [5, 5.41) is 3.34. The molecule has 0 spiro atoms. The molecule has 2 aromatic rings. The van der Waals surface area contributed by atoms with Crippen LogP contribution in [-0.4, -0.2) is 19.9 Å². The number of aryl methyl sites for hydroxylation is 1. The monoisotopic (exact) mass is 371 g/mol. The van der Waals surface area contributed by atoms with Gasteiger partial charge < -0.3 is 5.32 Å². The maximum Gasteiger partial charge on any atom is 0.263 e. The minimum Gasteiger partial charge on any atom is -0.383 e. The minimum absolute atomic E-state index is 0.238. The van der Waals surface area contributed by atoms with Crippen molar-refractivity contribution in [2.45, 2.75) is 43.9 Å². The highest BCUT2D eigenvalue weighted by Gasteiger charge is 2.14. The Hall–Kier alpha value is -2.34. The maximum absolute atomic E-state index is 12.4. The molecule has 1 heterocycles. The predicted molar refractivity (Wildman–Crippen MR) is 106 cm³/mol. The topological polar surface area (TPSA) is 71.1 Å². The van der Waals surface area contributed by atoms with E-state index in [0.29, 0.717) is 5.82 Å². The molecule has 1 aliphatic rings. The highest BCUT2D eigenvalue weighted by Crippen LogP contribution is 2.20. The van der Waals surface area contributed by atoms with Gasteiger partial charge in [0.05, 0.1) is 16.8 Å². The van der Waals surface area contributed by atoms with Gasteiger partial charge >= 0.3 is 0 Å². The van der Waals surface area contributed by atoms with Crippen LogP contribution >= 0.6 is 0 Å². The Kier molecular flexibility index (Phi) is 5.93. The SMILES string of the molecule is Cc1cccc(S(=O)(=O)Nc2ccc(NCCC3=CCCCC3)cn2)c1. The number of aromatic nitrogens is 1. The van der Waals surface area contributed by atoms with Crippen molar-refractivity contribution in [1.29, 1.82) is 0 Å². The van der Waals surface area contributed by atoms with Gasteiger partial charge in [0.25, 0.3) is 10.0 Å². The number of anilines is 2. The number of rotatable bonds is 7. The van der Waals surface area contributed by atoms with Crippen LogP contribution in [0.3, 0.4) is 0 Å². The first-order valence-electron chi connectivity index (χ1n) is 9.00. The summed E-state index contributed by atoms with van der Waals surface area (Å²) in [7, 11) is -3.62. The molecule has 0 atom stereocenters. The summed E-state index contributed by atoms with van der Waals surface area (Å²) in [4.78, 5) is 4.45. The lowest BCUT2D eigenvalue weighted by Gasteiger charge is -2.13. The van der Waals surface area contributed by atoms with E-state index in [-0.39, 0.29) is 4.90 Å². The minimum atomic E-state index is -3.62. The van der Waals surface area contributed by atoms with Crippen molar-refractivity contribution in [2.24, 2.45) is 0 Å². The molecule has 0 aliphatic heterocycles. The zero-order chi connectivity index (χ0) is 18.4. The molecule has 0 saturated carbocycles. The fourth-order valence-electron chi connectivity index (χ4n) is 3.04. The van der Waals surface area contributed by atoms with Gasteiger partial charge in [-0.2, -0.15) is 0 Å². The molecule has 0 radical (unpaired) electrons. The van der Waals surface area contributed by atoms with Crippen molar-refractivity contribution in [3.05, 3.63) is 59.8 Å². The Morgan fingerprint density at radius 1 is 1.15 bits per heavy atom.